The minimum absolute atomic E-state index is 0.602. The lowest BCUT2D eigenvalue weighted by atomic mass is 9.98. The molecule has 1 fully saturated rings. The summed E-state index contributed by atoms with van der Waals surface area (Å²) in [6.07, 6.45) is 3.77. The average Bonchev–Trinajstić information content (AvgIpc) is 2.83. The van der Waals surface area contributed by atoms with Crippen LogP contribution in [0.3, 0.4) is 0 Å². The minimum atomic E-state index is 0.602. The second kappa shape index (κ2) is 6.23. The van der Waals surface area contributed by atoms with Gasteiger partial charge in [-0.15, -0.1) is 11.6 Å². The summed E-state index contributed by atoms with van der Waals surface area (Å²) in [5, 5.41) is 3.31. The normalized spacial score (nSPS) is 23.1. The van der Waals surface area contributed by atoms with Gasteiger partial charge in [0.15, 0.2) is 0 Å². The van der Waals surface area contributed by atoms with Gasteiger partial charge in [-0.1, -0.05) is 6.42 Å². The molecule has 0 aliphatic heterocycles. The molecule has 2 atom stereocenters. The molecule has 2 unspecified atom stereocenters. The van der Waals surface area contributed by atoms with Crippen LogP contribution in [0.15, 0.2) is 6.07 Å². The van der Waals surface area contributed by atoms with Crippen molar-refractivity contribution in [2.45, 2.75) is 26.2 Å². The summed E-state index contributed by atoms with van der Waals surface area (Å²) in [7, 11) is 1.62. The highest BCUT2D eigenvalue weighted by atomic mass is 35.5. The lowest BCUT2D eigenvalue weighted by Crippen LogP contribution is -2.20. The highest BCUT2D eigenvalue weighted by Gasteiger charge is 2.26. The van der Waals surface area contributed by atoms with E-state index in [1.165, 1.54) is 19.3 Å². The Morgan fingerprint density at radius 3 is 2.89 bits per heavy atom. The van der Waals surface area contributed by atoms with Crippen LogP contribution in [0.5, 0.6) is 5.88 Å². The van der Waals surface area contributed by atoms with Crippen molar-refractivity contribution in [3.63, 3.8) is 0 Å². The molecular weight excluding hydrogens is 250 g/mol. The van der Waals surface area contributed by atoms with E-state index in [9.17, 15) is 0 Å². The molecule has 0 radical (unpaired) electrons. The molecule has 5 heteroatoms. The zero-order chi connectivity index (χ0) is 13.0. The number of methoxy groups -OCH3 is 1. The van der Waals surface area contributed by atoms with Crippen molar-refractivity contribution in [3.8, 4) is 5.88 Å². The van der Waals surface area contributed by atoms with E-state index in [1.807, 2.05) is 13.0 Å². The lowest BCUT2D eigenvalue weighted by molar-refractivity contribution is 0.396. The number of hydrogen-bond acceptors (Lipinski definition) is 4. The van der Waals surface area contributed by atoms with E-state index in [4.69, 9.17) is 16.3 Å². The fourth-order valence-corrected chi connectivity index (χ4v) is 2.94. The molecular formula is C13H20ClN3O. The van der Waals surface area contributed by atoms with Crippen LogP contribution in [0.1, 0.15) is 25.0 Å². The lowest BCUT2D eigenvalue weighted by Gasteiger charge is -2.17. The number of halogens is 1. The second-order valence-electron chi connectivity index (χ2n) is 4.86. The third-order valence-electron chi connectivity index (χ3n) is 3.58. The first kappa shape index (κ1) is 13.4. The summed E-state index contributed by atoms with van der Waals surface area (Å²) < 4.78 is 5.14. The van der Waals surface area contributed by atoms with Crippen molar-refractivity contribution in [1.82, 2.24) is 9.97 Å². The predicted molar refractivity (Wildman–Crippen MR) is 73.4 cm³/mol. The third kappa shape index (κ3) is 3.25. The van der Waals surface area contributed by atoms with Crippen molar-refractivity contribution in [2.24, 2.45) is 11.8 Å². The summed E-state index contributed by atoms with van der Waals surface area (Å²) in [6.45, 7) is 2.83. The Bertz CT molecular complexity index is 400. The fraction of sp³-hybridized carbons (Fsp3) is 0.692. The number of ether oxygens (including phenoxy) is 1. The maximum absolute atomic E-state index is 5.98. The Balaban J connectivity index is 1.95. The first-order valence-electron chi connectivity index (χ1n) is 6.42. The standard InChI is InChI=1S/C13H20ClN3O/c1-9-6-12(18-2)17-13(16-9)15-8-11-5-3-4-10(11)7-14/h6,10-11H,3-5,7-8H2,1-2H3,(H,15,16,17). The van der Waals surface area contributed by atoms with E-state index in [-0.39, 0.29) is 0 Å². The second-order valence-corrected chi connectivity index (χ2v) is 5.17. The quantitative estimate of drug-likeness (QED) is 0.835. The molecule has 1 aliphatic carbocycles. The molecule has 4 nitrogen and oxygen atoms in total. The number of nitrogens with zero attached hydrogens (tertiary/aromatic N) is 2. The zero-order valence-electron chi connectivity index (χ0n) is 10.9. The first-order chi connectivity index (χ1) is 8.72. The van der Waals surface area contributed by atoms with Gasteiger partial charge in [-0.3, -0.25) is 0 Å². The SMILES string of the molecule is COc1cc(C)nc(NCC2CCCC2CCl)n1. The molecule has 2 rings (SSSR count). The molecule has 1 aromatic rings. The van der Waals surface area contributed by atoms with Crippen molar-refractivity contribution in [2.75, 3.05) is 24.9 Å². The molecule has 1 N–H and O–H groups in total. The van der Waals surface area contributed by atoms with Crippen LogP contribution in [-0.2, 0) is 0 Å². The monoisotopic (exact) mass is 269 g/mol. The van der Waals surface area contributed by atoms with Gasteiger partial charge < -0.3 is 10.1 Å². The molecule has 0 aromatic carbocycles. The summed E-state index contributed by atoms with van der Waals surface area (Å²) in [5.74, 6) is 3.27. The van der Waals surface area contributed by atoms with Crippen LogP contribution in [0.25, 0.3) is 0 Å². The van der Waals surface area contributed by atoms with Crippen molar-refractivity contribution >= 4 is 17.5 Å². The van der Waals surface area contributed by atoms with E-state index in [1.54, 1.807) is 7.11 Å². The van der Waals surface area contributed by atoms with Gasteiger partial charge in [0, 0.05) is 24.2 Å². The number of aromatic nitrogens is 2. The topological polar surface area (TPSA) is 47.0 Å². The molecule has 1 saturated carbocycles. The van der Waals surface area contributed by atoms with Gasteiger partial charge in [0.25, 0.3) is 0 Å². The number of nitrogens with one attached hydrogen (secondary N) is 1. The predicted octanol–water partition coefficient (Wildman–Crippen LogP) is 2.86. The minimum Gasteiger partial charge on any atom is -0.481 e. The Kier molecular flexibility index (Phi) is 4.64. The molecule has 0 amide bonds. The number of aryl methyl sites for hydroxylation is 1. The largest absolute Gasteiger partial charge is 0.481 e. The third-order valence-corrected chi connectivity index (χ3v) is 3.97. The molecule has 1 aromatic heterocycles. The average molecular weight is 270 g/mol. The van der Waals surface area contributed by atoms with E-state index in [0.717, 1.165) is 18.1 Å². The molecule has 100 valence electrons. The van der Waals surface area contributed by atoms with E-state index < -0.39 is 0 Å². The van der Waals surface area contributed by atoms with Crippen molar-refractivity contribution < 1.29 is 4.74 Å². The Morgan fingerprint density at radius 1 is 1.39 bits per heavy atom. The van der Waals surface area contributed by atoms with Crippen LogP contribution < -0.4 is 10.1 Å². The fourth-order valence-electron chi connectivity index (χ4n) is 2.53. The van der Waals surface area contributed by atoms with Crippen LogP contribution in [0, 0.1) is 18.8 Å². The maximum Gasteiger partial charge on any atom is 0.226 e. The molecule has 18 heavy (non-hydrogen) atoms. The molecule has 1 heterocycles. The van der Waals surface area contributed by atoms with Gasteiger partial charge in [-0.05, 0) is 31.6 Å². The number of anilines is 1. The number of rotatable bonds is 5. The number of alkyl halides is 1. The van der Waals surface area contributed by atoms with E-state index in [0.29, 0.717) is 23.7 Å². The van der Waals surface area contributed by atoms with Crippen molar-refractivity contribution in [1.29, 1.82) is 0 Å². The first-order valence-corrected chi connectivity index (χ1v) is 6.96. The molecule has 0 saturated heterocycles. The van der Waals surface area contributed by atoms with Crippen LogP contribution in [0.4, 0.5) is 5.95 Å². The molecule has 1 aliphatic rings. The van der Waals surface area contributed by atoms with E-state index >= 15 is 0 Å². The number of hydrogen-bond donors (Lipinski definition) is 1. The van der Waals surface area contributed by atoms with Crippen LogP contribution >= 0.6 is 11.6 Å². The zero-order valence-corrected chi connectivity index (χ0v) is 11.7. The van der Waals surface area contributed by atoms with Gasteiger partial charge in [-0.2, -0.15) is 4.98 Å². The highest BCUT2D eigenvalue weighted by Crippen LogP contribution is 2.32. The van der Waals surface area contributed by atoms with Gasteiger partial charge in [0.1, 0.15) is 0 Å². The van der Waals surface area contributed by atoms with Crippen LogP contribution in [0.2, 0.25) is 0 Å². The summed E-state index contributed by atoms with van der Waals surface area (Å²) in [4.78, 5) is 8.64. The van der Waals surface area contributed by atoms with Gasteiger partial charge in [-0.25, -0.2) is 4.98 Å². The molecule has 0 spiro atoms. The Labute approximate surface area is 113 Å². The summed E-state index contributed by atoms with van der Waals surface area (Å²) in [5.41, 5.74) is 0.907. The summed E-state index contributed by atoms with van der Waals surface area (Å²) >= 11 is 5.98. The summed E-state index contributed by atoms with van der Waals surface area (Å²) in [6, 6.07) is 1.82. The van der Waals surface area contributed by atoms with E-state index in [2.05, 4.69) is 15.3 Å². The smallest absolute Gasteiger partial charge is 0.226 e. The van der Waals surface area contributed by atoms with Gasteiger partial charge >= 0.3 is 0 Å². The highest BCUT2D eigenvalue weighted by molar-refractivity contribution is 6.18. The van der Waals surface area contributed by atoms with Gasteiger partial charge in [0.05, 0.1) is 7.11 Å². The van der Waals surface area contributed by atoms with Crippen molar-refractivity contribution in [3.05, 3.63) is 11.8 Å². The van der Waals surface area contributed by atoms with Crippen LogP contribution in [-0.4, -0.2) is 29.5 Å². The molecule has 0 bridgehead atoms. The maximum atomic E-state index is 5.98. The Morgan fingerprint density at radius 2 is 2.17 bits per heavy atom. The Hall–Kier alpha value is -1.03. The van der Waals surface area contributed by atoms with Gasteiger partial charge in [0.2, 0.25) is 11.8 Å².